The lowest BCUT2D eigenvalue weighted by Gasteiger charge is -2.10. The molecule has 15 heavy (non-hydrogen) atoms. The third-order valence-corrected chi connectivity index (χ3v) is 2.55. The van der Waals surface area contributed by atoms with Gasteiger partial charge in [0.2, 0.25) is 0 Å². The van der Waals surface area contributed by atoms with E-state index in [0.717, 1.165) is 17.7 Å². The summed E-state index contributed by atoms with van der Waals surface area (Å²) in [5, 5.41) is 0. The smallest absolute Gasteiger partial charge is 0.0991 e. The van der Waals surface area contributed by atoms with Crippen LogP contribution in [0.25, 0.3) is 5.69 Å². The highest BCUT2D eigenvalue weighted by Crippen LogP contribution is 2.16. The van der Waals surface area contributed by atoms with Crippen molar-refractivity contribution in [2.24, 2.45) is 5.73 Å². The Morgan fingerprint density at radius 1 is 1.40 bits per heavy atom. The van der Waals surface area contributed by atoms with Crippen LogP contribution in [-0.2, 0) is 13.0 Å². The van der Waals surface area contributed by atoms with E-state index in [1.54, 1.807) is 12.5 Å². The van der Waals surface area contributed by atoms with E-state index < -0.39 is 0 Å². The molecule has 1 aromatic carbocycles. The van der Waals surface area contributed by atoms with E-state index in [2.05, 4.69) is 30.1 Å². The third kappa shape index (κ3) is 1.92. The molecule has 0 bridgehead atoms. The molecule has 2 rings (SSSR count). The van der Waals surface area contributed by atoms with Crippen LogP contribution in [0.5, 0.6) is 0 Å². The Morgan fingerprint density at radius 2 is 2.27 bits per heavy atom. The van der Waals surface area contributed by atoms with Gasteiger partial charge in [0.15, 0.2) is 0 Å². The number of rotatable bonds is 3. The van der Waals surface area contributed by atoms with Crippen LogP contribution in [0.2, 0.25) is 0 Å². The average molecular weight is 201 g/mol. The minimum atomic E-state index is 0.557. The predicted molar refractivity (Wildman–Crippen MR) is 60.8 cm³/mol. The Bertz CT molecular complexity index is 432. The fourth-order valence-electron chi connectivity index (χ4n) is 1.68. The van der Waals surface area contributed by atoms with E-state index in [4.69, 9.17) is 5.73 Å². The zero-order chi connectivity index (χ0) is 10.7. The van der Waals surface area contributed by atoms with E-state index in [0.29, 0.717) is 6.54 Å². The Hall–Kier alpha value is -1.61. The summed E-state index contributed by atoms with van der Waals surface area (Å²) in [6, 6.07) is 6.40. The maximum absolute atomic E-state index is 5.75. The van der Waals surface area contributed by atoms with Gasteiger partial charge in [-0.25, -0.2) is 4.98 Å². The van der Waals surface area contributed by atoms with E-state index in [9.17, 15) is 0 Å². The van der Waals surface area contributed by atoms with E-state index in [1.165, 1.54) is 5.56 Å². The molecule has 3 heteroatoms. The highest BCUT2D eigenvalue weighted by Gasteiger charge is 2.03. The fourth-order valence-corrected chi connectivity index (χ4v) is 1.68. The summed E-state index contributed by atoms with van der Waals surface area (Å²) < 4.78 is 1.99. The summed E-state index contributed by atoms with van der Waals surface area (Å²) in [6.45, 7) is 2.70. The third-order valence-electron chi connectivity index (χ3n) is 2.55. The molecule has 0 unspecified atom stereocenters. The van der Waals surface area contributed by atoms with Crippen LogP contribution >= 0.6 is 0 Å². The van der Waals surface area contributed by atoms with Gasteiger partial charge in [-0.05, 0) is 23.6 Å². The average Bonchev–Trinajstić information content (AvgIpc) is 2.81. The van der Waals surface area contributed by atoms with Crippen LogP contribution in [0, 0.1) is 0 Å². The van der Waals surface area contributed by atoms with Crippen LogP contribution in [0.3, 0.4) is 0 Å². The molecule has 1 heterocycles. The topological polar surface area (TPSA) is 43.8 Å². The van der Waals surface area contributed by atoms with Crippen molar-refractivity contribution in [3.8, 4) is 5.69 Å². The number of imidazole rings is 1. The Balaban J connectivity index is 2.48. The number of aromatic nitrogens is 2. The first-order valence-corrected chi connectivity index (χ1v) is 5.15. The fraction of sp³-hybridized carbons (Fsp3) is 0.250. The largest absolute Gasteiger partial charge is 0.326 e. The summed E-state index contributed by atoms with van der Waals surface area (Å²) in [5.41, 5.74) is 9.34. The molecule has 0 aliphatic carbocycles. The molecule has 0 amide bonds. The van der Waals surface area contributed by atoms with Crippen LogP contribution < -0.4 is 5.73 Å². The van der Waals surface area contributed by atoms with E-state index in [1.807, 2.05) is 10.8 Å². The summed E-state index contributed by atoms with van der Waals surface area (Å²) in [7, 11) is 0. The highest BCUT2D eigenvalue weighted by molar-refractivity contribution is 5.43. The Morgan fingerprint density at radius 3 is 2.87 bits per heavy atom. The minimum Gasteiger partial charge on any atom is -0.326 e. The van der Waals surface area contributed by atoms with Crippen molar-refractivity contribution in [2.75, 3.05) is 0 Å². The Labute approximate surface area is 89.6 Å². The van der Waals surface area contributed by atoms with Crippen molar-refractivity contribution in [2.45, 2.75) is 19.9 Å². The first-order valence-electron chi connectivity index (χ1n) is 5.15. The van der Waals surface area contributed by atoms with Gasteiger partial charge >= 0.3 is 0 Å². The molecule has 0 saturated heterocycles. The molecule has 0 fully saturated rings. The van der Waals surface area contributed by atoms with Crippen LogP contribution in [0.4, 0.5) is 0 Å². The first-order chi connectivity index (χ1) is 7.35. The summed E-state index contributed by atoms with van der Waals surface area (Å²) >= 11 is 0. The number of nitrogens with zero attached hydrogens (tertiary/aromatic N) is 2. The number of aryl methyl sites for hydroxylation is 1. The molecule has 0 atom stereocenters. The molecular weight excluding hydrogens is 186 g/mol. The normalized spacial score (nSPS) is 10.5. The zero-order valence-corrected chi connectivity index (χ0v) is 8.85. The van der Waals surface area contributed by atoms with Gasteiger partial charge in [0.1, 0.15) is 0 Å². The van der Waals surface area contributed by atoms with Gasteiger partial charge in [-0.1, -0.05) is 19.1 Å². The second kappa shape index (κ2) is 4.28. The number of hydrogen-bond acceptors (Lipinski definition) is 2. The molecule has 0 aliphatic heterocycles. The van der Waals surface area contributed by atoms with Crippen molar-refractivity contribution in [1.29, 1.82) is 0 Å². The number of nitrogens with two attached hydrogens (primary N) is 1. The summed E-state index contributed by atoms with van der Waals surface area (Å²) in [6.07, 6.45) is 6.53. The number of benzene rings is 1. The van der Waals surface area contributed by atoms with Gasteiger partial charge in [0.25, 0.3) is 0 Å². The van der Waals surface area contributed by atoms with Crippen LogP contribution in [0.1, 0.15) is 18.1 Å². The molecular formula is C12H15N3. The lowest BCUT2D eigenvalue weighted by Crippen LogP contribution is -2.04. The van der Waals surface area contributed by atoms with Gasteiger partial charge in [0.05, 0.1) is 12.0 Å². The highest BCUT2D eigenvalue weighted by atomic mass is 15.0. The van der Waals surface area contributed by atoms with Crippen molar-refractivity contribution < 1.29 is 0 Å². The molecule has 78 valence electrons. The summed E-state index contributed by atoms with van der Waals surface area (Å²) in [4.78, 5) is 4.04. The molecule has 0 saturated carbocycles. The second-order valence-electron chi connectivity index (χ2n) is 3.49. The van der Waals surface area contributed by atoms with Crippen molar-refractivity contribution in [3.63, 3.8) is 0 Å². The van der Waals surface area contributed by atoms with Gasteiger partial charge in [-0.2, -0.15) is 0 Å². The first kappa shape index (κ1) is 9.93. The van der Waals surface area contributed by atoms with Gasteiger partial charge in [0, 0.05) is 18.9 Å². The van der Waals surface area contributed by atoms with Crippen molar-refractivity contribution >= 4 is 0 Å². The monoisotopic (exact) mass is 201 g/mol. The van der Waals surface area contributed by atoms with Crippen LogP contribution in [-0.4, -0.2) is 9.55 Å². The second-order valence-corrected chi connectivity index (χ2v) is 3.49. The van der Waals surface area contributed by atoms with Crippen molar-refractivity contribution in [1.82, 2.24) is 9.55 Å². The van der Waals surface area contributed by atoms with E-state index >= 15 is 0 Å². The lowest BCUT2D eigenvalue weighted by molar-refractivity contribution is 0.971. The maximum Gasteiger partial charge on any atom is 0.0991 e. The molecule has 0 aliphatic rings. The molecule has 1 aromatic heterocycles. The molecule has 2 N–H and O–H groups in total. The predicted octanol–water partition coefficient (Wildman–Crippen LogP) is 1.89. The maximum atomic E-state index is 5.75. The van der Waals surface area contributed by atoms with Gasteiger partial charge in [-0.15, -0.1) is 0 Å². The van der Waals surface area contributed by atoms with Gasteiger partial charge < -0.3 is 10.3 Å². The van der Waals surface area contributed by atoms with Crippen LogP contribution in [0.15, 0.2) is 36.9 Å². The lowest BCUT2D eigenvalue weighted by atomic mass is 10.1. The quantitative estimate of drug-likeness (QED) is 0.824. The standard InChI is InChI=1S/C12H15N3/c1-2-10-3-4-12(11(7-10)8-13)15-6-5-14-9-15/h3-7,9H,2,8,13H2,1H3. The molecule has 3 nitrogen and oxygen atoms in total. The Kier molecular flexibility index (Phi) is 2.83. The summed E-state index contributed by atoms with van der Waals surface area (Å²) in [5.74, 6) is 0. The minimum absolute atomic E-state index is 0.557. The molecule has 0 spiro atoms. The number of hydrogen-bond donors (Lipinski definition) is 1. The molecule has 2 aromatic rings. The van der Waals surface area contributed by atoms with Crippen molar-refractivity contribution in [3.05, 3.63) is 48.0 Å². The zero-order valence-electron chi connectivity index (χ0n) is 8.85. The SMILES string of the molecule is CCc1ccc(-n2ccnc2)c(CN)c1. The molecule has 0 radical (unpaired) electrons. The van der Waals surface area contributed by atoms with E-state index in [-0.39, 0.29) is 0 Å². The van der Waals surface area contributed by atoms with Gasteiger partial charge in [-0.3, -0.25) is 0 Å².